The number of likely N-dealkylation sites (tertiary alicyclic amines) is 1. The maximum absolute atomic E-state index is 14.1. The van der Waals surface area contributed by atoms with Gasteiger partial charge in [0.15, 0.2) is 0 Å². The average molecular weight is 546 g/mol. The van der Waals surface area contributed by atoms with Gasteiger partial charge < -0.3 is 26.6 Å². The molecule has 0 aromatic heterocycles. The minimum Gasteiger partial charge on any atom is -0.363 e. The van der Waals surface area contributed by atoms with Crippen molar-refractivity contribution in [2.45, 2.75) is 117 Å². The SMILES string of the molecule is CC(C)(C)NC(=O)N[C@H](C(=O)N1C[C@H]2[C@@H]([C@H]1C(=O)NC(CC1CCC1)C(=O)C(N)=O)C21CCCC1)C(C)(C)C. The highest BCUT2D eigenvalue weighted by Gasteiger charge is 2.74. The summed E-state index contributed by atoms with van der Waals surface area (Å²) >= 11 is 0. The molecular formula is C29H47N5O5. The highest BCUT2D eigenvalue weighted by atomic mass is 16.2. The molecule has 1 spiro atoms. The van der Waals surface area contributed by atoms with Gasteiger partial charge in [0, 0.05) is 12.1 Å². The second kappa shape index (κ2) is 10.4. The molecule has 5 N–H and O–H groups in total. The van der Waals surface area contributed by atoms with Crippen molar-refractivity contribution >= 4 is 29.5 Å². The van der Waals surface area contributed by atoms with Gasteiger partial charge in [-0.15, -0.1) is 0 Å². The van der Waals surface area contributed by atoms with Crippen LogP contribution in [0.25, 0.3) is 0 Å². The smallest absolute Gasteiger partial charge is 0.315 e. The van der Waals surface area contributed by atoms with Crippen LogP contribution >= 0.6 is 0 Å². The molecule has 5 amide bonds. The van der Waals surface area contributed by atoms with Crippen molar-refractivity contribution in [3.8, 4) is 0 Å². The van der Waals surface area contributed by atoms with Crippen LogP contribution in [0.3, 0.4) is 0 Å². The Hall–Kier alpha value is -2.65. The maximum atomic E-state index is 14.1. The highest BCUT2D eigenvalue weighted by molar-refractivity contribution is 6.37. The van der Waals surface area contributed by atoms with Gasteiger partial charge >= 0.3 is 6.03 Å². The molecule has 10 nitrogen and oxygen atoms in total. The Morgan fingerprint density at radius 2 is 1.56 bits per heavy atom. The van der Waals surface area contributed by atoms with E-state index in [1.165, 1.54) is 0 Å². The molecule has 4 aliphatic rings. The van der Waals surface area contributed by atoms with E-state index in [9.17, 15) is 24.0 Å². The van der Waals surface area contributed by atoms with Gasteiger partial charge in [-0.2, -0.15) is 0 Å². The number of amides is 5. The number of urea groups is 1. The molecular weight excluding hydrogens is 498 g/mol. The predicted octanol–water partition coefficient (Wildman–Crippen LogP) is 2.25. The Labute approximate surface area is 231 Å². The monoisotopic (exact) mass is 545 g/mol. The van der Waals surface area contributed by atoms with Crippen LogP contribution in [0.15, 0.2) is 0 Å². The van der Waals surface area contributed by atoms with Gasteiger partial charge in [-0.3, -0.25) is 19.2 Å². The van der Waals surface area contributed by atoms with Crippen molar-refractivity contribution in [2.24, 2.45) is 34.3 Å². The van der Waals surface area contributed by atoms with E-state index < -0.39 is 52.7 Å². The van der Waals surface area contributed by atoms with Crippen LogP contribution in [0.1, 0.15) is 92.9 Å². The Morgan fingerprint density at radius 1 is 0.949 bits per heavy atom. The standard InChI is InChI=1S/C29H47N5O5/c1-27(2,3)22(32-26(39)33-28(4,5)6)25(38)34-15-17-19(29(17)12-7-8-13-29)20(34)24(37)31-18(21(35)23(30)36)14-16-10-9-11-16/h16-20,22H,7-15H2,1-6H3,(H2,30,36)(H,31,37)(H2,32,33,39)/t17-,18?,19-,20-,22+/m0/s1. The summed E-state index contributed by atoms with van der Waals surface area (Å²) in [6.07, 6.45) is 7.65. The third-order valence-corrected chi connectivity index (χ3v) is 9.43. The van der Waals surface area contributed by atoms with Gasteiger partial charge in [-0.25, -0.2) is 4.79 Å². The fraction of sp³-hybridized carbons (Fsp3) is 0.828. The molecule has 0 bridgehead atoms. The lowest BCUT2D eigenvalue weighted by atomic mass is 9.80. The molecule has 0 radical (unpaired) electrons. The van der Waals surface area contributed by atoms with Gasteiger partial charge in [0.05, 0.1) is 6.04 Å². The molecule has 1 saturated heterocycles. The highest BCUT2D eigenvalue weighted by Crippen LogP contribution is 2.72. The van der Waals surface area contributed by atoms with E-state index in [1.807, 2.05) is 41.5 Å². The summed E-state index contributed by atoms with van der Waals surface area (Å²) in [7, 11) is 0. The largest absolute Gasteiger partial charge is 0.363 e. The van der Waals surface area contributed by atoms with Gasteiger partial charge in [0.2, 0.25) is 17.6 Å². The van der Waals surface area contributed by atoms with Crippen molar-refractivity contribution < 1.29 is 24.0 Å². The van der Waals surface area contributed by atoms with Gasteiger partial charge in [-0.05, 0) is 68.6 Å². The summed E-state index contributed by atoms with van der Waals surface area (Å²) in [6.45, 7) is 11.7. The second-order valence-electron chi connectivity index (χ2n) is 14.5. The number of hydrogen-bond donors (Lipinski definition) is 4. The number of primary amides is 1. The first-order chi connectivity index (χ1) is 18.0. The first-order valence-electron chi connectivity index (χ1n) is 14.6. The Morgan fingerprint density at radius 3 is 2.05 bits per heavy atom. The molecule has 5 atom stereocenters. The van der Waals surface area contributed by atoms with E-state index in [4.69, 9.17) is 5.73 Å². The van der Waals surface area contributed by atoms with Crippen molar-refractivity contribution in [1.82, 2.24) is 20.9 Å². The van der Waals surface area contributed by atoms with Crippen LogP contribution in [0.2, 0.25) is 0 Å². The number of piperidine rings is 1. The molecule has 3 saturated carbocycles. The molecule has 1 aliphatic heterocycles. The van der Waals surface area contributed by atoms with Crippen LogP contribution in [0.4, 0.5) is 4.79 Å². The number of ketones is 1. The summed E-state index contributed by atoms with van der Waals surface area (Å²) in [5.74, 6) is -2.04. The molecule has 39 heavy (non-hydrogen) atoms. The minimum absolute atomic E-state index is 0.0148. The topological polar surface area (TPSA) is 151 Å². The van der Waals surface area contributed by atoms with E-state index >= 15 is 0 Å². The molecule has 0 aromatic rings. The third-order valence-electron chi connectivity index (χ3n) is 9.43. The number of nitrogens with two attached hydrogens (primary N) is 1. The van der Waals surface area contributed by atoms with Crippen LogP contribution in [0.5, 0.6) is 0 Å². The number of carbonyl (C=O) groups is 5. The van der Waals surface area contributed by atoms with Crippen LogP contribution in [-0.2, 0) is 19.2 Å². The summed E-state index contributed by atoms with van der Waals surface area (Å²) in [5.41, 5.74) is 4.30. The van der Waals surface area contributed by atoms with Crippen molar-refractivity contribution in [1.29, 1.82) is 0 Å². The zero-order valence-electron chi connectivity index (χ0n) is 24.4. The third kappa shape index (κ3) is 5.94. The van der Waals surface area contributed by atoms with E-state index in [0.29, 0.717) is 13.0 Å². The zero-order valence-corrected chi connectivity index (χ0v) is 24.4. The molecule has 1 unspecified atom stereocenters. The first-order valence-corrected chi connectivity index (χ1v) is 14.6. The average Bonchev–Trinajstić information content (AvgIpc) is 3.12. The minimum atomic E-state index is -1.06. The quantitative estimate of drug-likeness (QED) is 0.345. The summed E-state index contributed by atoms with van der Waals surface area (Å²) in [5, 5.41) is 8.58. The van der Waals surface area contributed by atoms with Crippen LogP contribution < -0.4 is 21.7 Å². The molecule has 4 rings (SSSR count). The second-order valence-corrected chi connectivity index (χ2v) is 14.5. The number of Topliss-reactive ketones (excluding diaryl/α,β-unsaturated/α-hetero) is 1. The summed E-state index contributed by atoms with van der Waals surface area (Å²) in [6, 6.07) is -3.03. The molecule has 218 valence electrons. The van der Waals surface area contributed by atoms with Gasteiger partial charge in [0.1, 0.15) is 12.1 Å². The number of fused-ring (bicyclic) bond motifs is 3. The lowest BCUT2D eigenvalue weighted by molar-refractivity contribution is -0.145. The van der Waals surface area contributed by atoms with Crippen molar-refractivity contribution in [2.75, 3.05) is 6.54 Å². The number of nitrogens with zero attached hydrogens (tertiary/aromatic N) is 1. The number of rotatable bonds is 8. The number of nitrogens with one attached hydrogen (secondary N) is 3. The fourth-order valence-electron chi connectivity index (χ4n) is 7.27. The Bertz CT molecular complexity index is 1020. The van der Waals surface area contributed by atoms with Gasteiger partial charge in [0.25, 0.3) is 5.91 Å². The van der Waals surface area contributed by atoms with E-state index in [1.54, 1.807) is 4.90 Å². The molecule has 0 aromatic carbocycles. The van der Waals surface area contributed by atoms with Crippen LogP contribution in [-0.4, -0.2) is 64.6 Å². The van der Waals surface area contributed by atoms with Crippen molar-refractivity contribution in [3.63, 3.8) is 0 Å². The summed E-state index contributed by atoms with van der Waals surface area (Å²) in [4.78, 5) is 66.9. The zero-order chi connectivity index (χ0) is 28.9. The number of carbonyl (C=O) groups excluding carboxylic acids is 5. The Kier molecular flexibility index (Phi) is 7.82. The van der Waals surface area contributed by atoms with Crippen molar-refractivity contribution in [3.05, 3.63) is 0 Å². The van der Waals surface area contributed by atoms with E-state index in [2.05, 4.69) is 16.0 Å². The lowest BCUT2D eigenvalue weighted by Crippen LogP contribution is -2.62. The molecule has 4 fully saturated rings. The molecule has 10 heteroatoms. The maximum Gasteiger partial charge on any atom is 0.315 e. The van der Waals surface area contributed by atoms with Crippen LogP contribution in [0, 0.1) is 28.6 Å². The predicted molar refractivity (Wildman–Crippen MR) is 146 cm³/mol. The first kappa shape index (κ1) is 29.3. The summed E-state index contributed by atoms with van der Waals surface area (Å²) < 4.78 is 0. The normalized spacial score (nSPS) is 27.2. The van der Waals surface area contributed by atoms with Gasteiger partial charge in [-0.1, -0.05) is 52.9 Å². The molecule has 1 heterocycles. The fourth-order valence-corrected chi connectivity index (χ4v) is 7.27. The van der Waals surface area contributed by atoms with E-state index in [0.717, 1.165) is 44.9 Å². The lowest BCUT2D eigenvalue weighted by Gasteiger charge is -2.39. The van der Waals surface area contributed by atoms with E-state index in [-0.39, 0.29) is 29.1 Å². The number of hydrogen-bond acceptors (Lipinski definition) is 5. The molecule has 3 aliphatic carbocycles. The Balaban J connectivity index is 1.58.